The van der Waals surface area contributed by atoms with Crippen LogP contribution in [-0.4, -0.2) is 43.8 Å². The molecule has 5 rings (SSSR count). The first-order valence-corrected chi connectivity index (χ1v) is 11.1. The van der Waals surface area contributed by atoms with E-state index in [0.717, 1.165) is 0 Å². The number of alkyl halides is 1. The van der Waals surface area contributed by atoms with Crippen LogP contribution in [0.1, 0.15) is 23.2 Å². The third kappa shape index (κ3) is 4.50. The zero-order valence-electron chi connectivity index (χ0n) is 19.0. The monoisotopic (exact) mass is 489 g/mol. The van der Waals surface area contributed by atoms with Gasteiger partial charge in [0.15, 0.2) is 11.6 Å². The Morgan fingerprint density at radius 1 is 1.08 bits per heavy atom. The van der Waals surface area contributed by atoms with Crippen LogP contribution >= 0.6 is 0 Å². The predicted octanol–water partition coefficient (Wildman–Crippen LogP) is 3.69. The first-order valence-electron chi connectivity index (χ1n) is 11.1. The molecule has 0 unspecified atom stereocenters. The number of aromatic nitrogens is 4. The van der Waals surface area contributed by atoms with Crippen LogP contribution in [-0.2, 0) is 4.79 Å². The van der Waals surface area contributed by atoms with Crippen molar-refractivity contribution in [3.05, 3.63) is 72.8 Å². The maximum absolute atomic E-state index is 13.9. The molecule has 4 aromatic rings. The third-order valence-corrected chi connectivity index (χ3v) is 5.93. The largest absolute Gasteiger partial charge is 0.382 e. The fourth-order valence-corrected chi connectivity index (χ4v) is 3.75. The van der Waals surface area contributed by atoms with Gasteiger partial charge < -0.3 is 16.4 Å². The maximum atomic E-state index is 13.9. The van der Waals surface area contributed by atoms with Crippen molar-refractivity contribution < 1.29 is 18.4 Å². The highest BCUT2D eigenvalue weighted by Crippen LogP contribution is 2.39. The van der Waals surface area contributed by atoms with E-state index < -0.39 is 17.4 Å². The SMILES string of the molecule is C=C(F)C(=O)Nc1ccc(-c2nn3ncnc(N)c3c2-c2ccc(C(=O)NCC3(F)CC3)cc2)cc1. The number of hydrogen-bond donors (Lipinski definition) is 3. The van der Waals surface area contributed by atoms with E-state index in [4.69, 9.17) is 5.73 Å². The first-order chi connectivity index (χ1) is 17.2. The first kappa shape index (κ1) is 23.1. The zero-order chi connectivity index (χ0) is 25.4. The van der Waals surface area contributed by atoms with Crippen molar-refractivity contribution in [1.82, 2.24) is 25.1 Å². The molecule has 36 heavy (non-hydrogen) atoms. The Morgan fingerprint density at radius 3 is 2.39 bits per heavy atom. The third-order valence-electron chi connectivity index (χ3n) is 5.93. The van der Waals surface area contributed by atoms with Gasteiger partial charge in [-0.3, -0.25) is 9.59 Å². The van der Waals surface area contributed by atoms with Gasteiger partial charge in [-0.2, -0.15) is 0 Å². The summed E-state index contributed by atoms with van der Waals surface area (Å²) in [5.74, 6) is -2.17. The van der Waals surface area contributed by atoms with Gasteiger partial charge in [0.2, 0.25) is 0 Å². The van der Waals surface area contributed by atoms with Crippen molar-refractivity contribution in [3.63, 3.8) is 0 Å². The average Bonchev–Trinajstić information content (AvgIpc) is 3.48. The van der Waals surface area contributed by atoms with Crippen molar-refractivity contribution >= 4 is 28.8 Å². The van der Waals surface area contributed by atoms with Gasteiger partial charge in [0.05, 0.1) is 6.54 Å². The lowest BCUT2D eigenvalue weighted by molar-refractivity contribution is -0.114. The van der Waals surface area contributed by atoms with Gasteiger partial charge in [-0.1, -0.05) is 30.8 Å². The molecule has 1 aliphatic carbocycles. The minimum absolute atomic E-state index is 0.00442. The highest BCUT2D eigenvalue weighted by Gasteiger charge is 2.43. The maximum Gasteiger partial charge on any atom is 0.283 e. The molecule has 2 aromatic carbocycles. The molecule has 4 N–H and O–H groups in total. The highest BCUT2D eigenvalue weighted by atomic mass is 19.1. The number of carbonyl (C=O) groups is 2. The molecule has 1 saturated carbocycles. The van der Waals surface area contributed by atoms with E-state index in [9.17, 15) is 18.4 Å². The Hall–Kier alpha value is -4.67. The number of benzene rings is 2. The highest BCUT2D eigenvalue weighted by molar-refractivity contribution is 6.02. The molecule has 2 aromatic heterocycles. The fourth-order valence-electron chi connectivity index (χ4n) is 3.75. The quantitative estimate of drug-likeness (QED) is 0.340. The summed E-state index contributed by atoms with van der Waals surface area (Å²) in [5, 5.41) is 13.7. The zero-order valence-corrected chi connectivity index (χ0v) is 19.0. The Bertz CT molecular complexity index is 1490. The van der Waals surface area contributed by atoms with Crippen LogP contribution in [0.15, 0.2) is 67.3 Å². The molecular formula is C25H21F2N7O2. The van der Waals surface area contributed by atoms with E-state index in [-0.39, 0.29) is 18.3 Å². The van der Waals surface area contributed by atoms with Gasteiger partial charge >= 0.3 is 0 Å². The van der Waals surface area contributed by atoms with Crippen LogP contribution in [0.5, 0.6) is 0 Å². The normalized spacial score (nSPS) is 13.8. The topological polar surface area (TPSA) is 127 Å². The van der Waals surface area contributed by atoms with Crippen LogP contribution in [0.3, 0.4) is 0 Å². The lowest BCUT2D eigenvalue weighted by atomic mass is 9.98. The second kappa shape index (κ2) is 8.84. The van der Waals surface area contributed by atoms with Crippen molar-refractivity contribution in [2.24, 2.45) is 0 Å². The van der Waals surface area contributed by atoms with Gasteiger partial charge in [-0.25, -0.2) is 13.8 Å². The van der Waals surface area contributed by atoms with E-state index in [1.165, 1.54) is 11.0 Å². The van der Waals surface area contributed by atoms with Gasteiger partial charge in [0, 0.05) is 22.4 Å². The van der Waals surface area contributed by atoms with E-state index in [1.807, 2.05) is 0 Å². The number of amides is 2. The molecule has 0 spiro atoms. The summed E-state index contributed by atoms with van der Waals surface area (Å²) in [6.45, 7) is 2.97. The number of nitrogen functional groups attached to an aromatic ring is 1. The minimum Gasteiger partial charge on any atom is -0.382 e. The van der Waals surface area contributed by atoms with Crippen LogP contribution in [0.25, 0.3) is 27.9 Å². The number of nitrogens with zero attached hydrogens (tertiary/aromatic N) is 4. The summed E-state index contributed by atoms with van der Waals surface area (Å²) in [4.78, 5) is 28.1. The second-order valence-corrected chi connectivity index (χ2v) is 8.55. The smallest absolute Gasteiger partial charge is 0.283 e. The molecule has 182 valence electrons. The number of nitrogens with one attached hydrogen (secondary N) is 2. The summed E-state index contributed by atoms with van der Waals surface area (Å²) in [7, 11) is 0. The summed E-state index contributed by atoms with van der Waals surface area (Å²) in [6, 6.07) is 13.4. The van der Waals surface area contributed by atoms with Crippen molar-refractivity contribution in [2.75, 3.05) is 17.6 Å². The van der Waals surface area contributed by atoms with Gasteiger partial charge in [0.25, 0.3) is 11.8 Å². The van der Waals surface area contributed by atoms with E-state index in [2.05, 4.69) is 32.4 Å². The van der Waals surface area contributed by atoms with Gasteiger partial charge in [0.1, 0.15) is 23.2 Å². The number of hydrogen-bond acceptors (Lipinski definition) is 6. The Kier molecular flexibility index (Phi) is 5.67. The van der Waals surface area contributed by atoms with Crippen molar-refractivity contribution in [1.29, 1.82) is 0 Å². The molecule has 2 amide bonds. The van der Waals surface area contributed by atoms with Crippen molar-refractivity contribution in [3.8, 4) is 22.4 Å². The Labute approximate surface area is 204 Å². The number of carbonyl (C=O) groups excluding carboxylic acids is 2. The summed E-state index contributed by atoms with van der Waals surface area (Å²) < 4.78 is 28.2. The summed E-state index contributed by atoms with van der Waals surface area (Å²) in [6.07, 6.45) is 2.22. The fraction of sp³-hybridized carbons (Fsp3) is 0.160. The molecule has 1 aliphatic rings. The molecule has 0 aliphatic heterocycles. The standard InChI is InChI=1S/C25H21F2N7O2/c1-14(26)23(35)32-18-8-6-16(7-9-18)20-19(21-22(28)30-13-31-34(21)33-20)15-2-4-17(5-3-15)24(36)29-12-25(27)10-11-25/h2-9,13H,1,10-12H2,(H,29,36)(H,32,35)(H2,28,30,31). The summed E-state index contributed by atoms with van der Waals surface area (Å²) in [5.41, 5.74) is 8.65. The van der Waals surface area contributed by atoms with Gasteiger partial charge in [-0.05, 0) is 42.7 Å². The van der Waals surface area contributed by atoms with E-state index in [1.54, 1.807) is 48.5 Å². The molecular weight excluding hydrogens is 468 g/mol. The van der Waals surface area contributed by atoms with E-state index >= 15 is 0 Å². The molecule has 9 nitrogen and oxygen atoms in total. The average molecular weight is 489 g/mol. The lowest BCUT2D eigenvalue weighted by Gasteiger charge is -2.09. The van der Waals surface area contributed by atoms with Crippen molar-refractivity contribution in [2.45, 2.75) is 18.5 Å². The number of halogens is 2. The number of anilines is 2. The Balaban J connectivity index is 1.49. The predicted molar refractivity (Wildman–Crippen MR) is 130 cm³/mol. The molecule has 0 radical (unpaired) electrons. The minimum atomic E-state index is -1.28. The summed E-state index contributed by atoms with van der Waals surface area (Å²) >= 11 is 0. The lowest BCUT2D eigenvalue weighted by Crippen LogP contribution is -2.31. The molecule has 0 atom stereocenters. The molecule has 2 heterocycles. The number of nitrogens with two attached hydrogens (primary N) is 1. The van der Waals surface area contributed by atoms with Crippen LogP contribution in [0, 0.1) is 0 Å². The van der Waals surface area contributed by atoms with Crippen LogP contribution in [0.4, 0.5) is 20.3 Å². The van der Waals surface area contributed by atoms with Crippen LogP contribution in [0.2, 0.25) is 0 Å². The van der Waals surface area contributed by atoms with E-state index in [0.29, 0.717) is 52.0 Å². The van der Waals surface area contributed by atoms with Gasteiger partial charge in [-0.15, -0.1) is 14.8 Å². The molecule has 11 heteroatoms. The van der Waals surface area contributed by atoms with Crippen LogP contribution < -0.4 is 16.4 Å². The Morgan fingerprint density at radius 2 is 1.75 bits per heavy atom. The second-order valence-electron chi connectivity index (χ2n) is 8.55. The molecule has 1 fully saturated rings. The molecule has 0 saturated heterocycles. The number of fused-ring (bicyclic) bond motifs is 1. The molecule has 0 bridgehead atoms. The number of rotatable bonds is 7.